The maximum atomic E-state index is 12.6. The first-order valence-electron chi connectivity index (χ1n) is 9.37. The smallest absolute Gasteiger partial charge is 0.251 e. The molecule has 0 bridgehead atoms. The summed E-state index contributed by atoms with van der Waals surface area (Å²) in [6, 6.07) is 20.9. The number of nitrogens with one attached hydrogen (secondary N) is 1. The van der Waals surface area contributed by atoms with Gasteiger partial charge in [0.2, 0.25) is 0 Å². The minimum Gasteiger partial charge on any atom is -0.356 e. The van der Waals surface area contributed by atoms with Crippen molar-refractivity contribution in [3.05, 3.63) is 89.6 Å². The van der Waals surface area contributed by atoms with Crippen LogP contribution in [0, 0.1) is 0 Å². The van der Waals surface area contributed by atoms with Crippen molar-refractivity contribution in [3.63, 3.8) is 0 Å². The minimum absolute atomic E-state index is 0.182. The first-order valence-corrected chi connectivity index (χ1v) is 10.2. The lowest BCUT2D eigenvalue weighted by Crippen LogP contribution is -2.23. The van der Waals surface area contributed by atoms with Crippen LogP contribution in [0.25, 0.3) is 32.9 Å². The zero-order chi connectivity index (χ0) is 20.3. The van der Waals surface area contributed by atoms with Gasteiger partial charge >= 0.3 is 0 Å². The van der Waals surface area contributed by atoms with Crippen LogP contribution < -0.4 is 5.32 Å². The third kappa shape index (κ3) is 3.58. The van der Waals surface area contributed by atoms with Crippen molar-refractivity contribution in [2.24, 2.45) is 0 Å². The highest BCUT2D eigenvalue weighted by atomic mass is 32.1. The molecular formula is C23H16N4O2S. The summed E-state index contributed by atoms with van der Waals surface area (Å²) in [6.45, 7) is 0.362. The molecule has 30 heavy (non-hydrogen) atoms. The average molecular weight is 412 g/mol. The van der Waals surface area contributed by atoms with Gasteiger partial charge in [-0.25, -0.2) is 4.98 Å². The number of pyridine rings is 1. The molecule has 0 radical (unpaired) electrons. The standard InChI is InChI=1S/C23H16N4O2S/c28-22(25-13-17-8-4-5-11-24-17)16-9-10-20-18(12-16)21(27-29-20)19-14-30-23(26-19)15-6-2-1-3-7-15/h1-12,14H,13H2,(H,25,28). The molecule has 146 valence electrons. The summed E-state index contributed by atoms with van der Waals surface area (Å²) in [7, 11) is 0. The zero-order valence-corrected chi connectivity index (χ0v) is 16.6. The van der Waals surface area contributed by atoms with Gasteiger partial charge in [-0.15, -0.1) is 11.3 Å². The zero-order valence-electron chi connectivity index (χ0n) is 15.8. The van der Waals surface area contributed by atoms with Crippen LogP contribution in [0.15, 0.2) is 82.8 Å². The SMILES string of the molecule is O=C(NCc1ccccn1)c1ccc2onc(-c3csc(-c4ccccc4)n3)c2c1. The van der Waals surface area contributed by atoms with E-state index in [4.69, 9.17) is 9.51 Å². The van der Waals surface area contributed by atoms with E-state index in [1.54, 1.807) is 35.7 Å². The van der Waals surface area contributed by atoms with Crippen LogP contribution in [0.2, 0.25) is 0 Å². The van der Waals surface area contributed by atoms with Crippen LogP contribution in [0.3, 0.4) is 0 Å². The number of carbonyl (C=O) groups excluding carboxylic acids is 1. The fourth-order valence-electron chi connectivity index (χ4n) is 3.14. The van der Waals surface area contributed by atoms with Gasteiger partial charge in [0.15, 0.2) is 5.58 Å². The van der Waals surface area contributed by atoms with E-state index in [2.05, 4.69) is 15.5 Å². The van der Waals surface area contributed by atoms with E-state index in [1.807, 2.05) is 53.9 Å². The van der Waals surface area contributed by atoms with Crippen LogP contribution in [-0.2, 0) is 6.54 Å². The van der Waals surface area contributed by atoms with Gasteiger partial charge in [0.05, 0.1) is 17.6 Å². The van der Waals surface area contributed by atoms with Gasteiger partial charge in [-0.1, -0.05) is 41.6 Å². The van der Waals surface area contributed by atoms with Crippen LogP contribution in [0.5, 0.6) is 0 Å². The third-order valence-electron chi connectivity index (χ3n) is 4.66. The van der Waals surface area contributed by atoms with Gasteiger partial charge in [-0.2, -0.15) is 0 Å². The van der Waals surface area contributed by atoms with E-state index in [0.717, 1.165) is 27.3 Å². The Bertz CT molecular complexity index is 1310. The van der Waals surface area contributed by atoms with Crippen LogP contribution in [-0.4, -0.2) is 21.0 Å². The number of aromatic nitrogens is 3. The lowest BCUT2D eigenvalue weighted by atomic mass is 10.1. The summed E-state index contributed by atoms with van der Waals surface area (Å²) >= 11 is 1.55. The molecule has 0 aliphatic rings. The number of carbonyl (C=O) groups is 1. The van der Waals surface area contributed by atoms with Gasteiger partial charge in [0, 0.05) is 22.7 Å². The highest BCUT2D eigenvalue weighted by Gasteiger charge is 2.16. The predicted octanol–water partition coefficient (Wildman–Crippen LogP) is 4.94. The van der Waals surface area contributed by atoms with Crippen molar-refractivity contribution in [2.45, 2.75) is 6.54 Å². The molecule has 0 saturated carbocycles. The van der Waals surface area contributed by atoms with E-state index >= 15 is 0 Å². The van der Waals surface area contributed by atoms with Crippen molar-refractivity contribution in [2.75, 3.05) is 0 Å². The molecule has 1 amide bonds. The fourth-order valence-corrected chi connectivity index (χ4v) is 3.95. The number of amides is 1. The lowest BCUT2D eigenvalue weighted by molar-refractivity contribution is 0.0950. The molecule has 0 aliphatic heterocycles. The second kappa shape index (κ2) is 7.88. The topological polar surface area (TPSA) is 80.9 Å². The number of rotatable bonds is 5. The maximum Gasteiger partial charge on any atom is 0.251 e. The molecular weight excluding hydrogens is 396 g/mol. The molecule has 3 heterocycles. The second-order valence-electron chi connectivity index (χ2n) is 6.65. The van der Waals surface area contributed by atoms with E-state index in [1.165, 1.54) is 0 Å². The number of thiazole rings is 1. The van der Waals surface area contributed by atoms with Crippen molar-refractivity contribution in [3.8, 4) is 22.0 Å². The van der Waals surface area contributed by atoms with Gasteiger partial charge in [0.25, 0.3) is 5.91 Å². The molecule has 5 aromatic rings. The molecule has 1 N–H and O–H groups in total. The highest BCUT2D eigenvalue weighted by molar-refractivity contribution is 7.13. The minimum atomic E-state index is -0.182. The Morgan fingerprint density at radius 1 is 1.03 bits per heavy atom. The van der Waals surface area contributed by atoms with Crippen molar-refractivity contribution >= 4 is 28.2 Å². The molecule has 2 aromatic carbocycles. The molecule has 0 unspecified atom stereocenters. The molecule has 0 aliphatic carbocycles. The Morgan fingerprint density at radius 2 is 1.90 bits per heavy atom. The molecule has 6 nitrogen and oxygen atoms in total. The first kappa shape index (κ1) is 18.2. The van der Waals surface area contributed by atoms with Crippen LogP contribution in [0.1, 0.15) is 16.1 Å². The Hall–Kier alpha value is -3.84. The summed E-state index contributed by atoms with van der Waals surface area (Å²) in [4.78, 5) is 21.5. The van der Waals surface area contributed by atoms with Gasteiger partial charge < -0.3 is 9.84 Å². The van der Waals surface area contributed by atoms with Gasteiger partial charge in [-0.3, -0.25) is 9.78 Å². The number of benzene rings is 2. The quantitative estimate of drug-likeness (QED) is 0.442. The van der Waals surface area contributed by atoms with Crippen molar-refractivity contribution < 1.29 is 9.32 Å². The molecule has 7 heteroatoms. The largest absolute Gasteiger partial charge is 0.356 e. The number of nitrogens with zero attached hydrogens (tertiary/aromatic N) is 3. The van der Waals surface area contributed by atoms with Gasteiger partial charge in [-0.05, 0) is 30.3 Å². The van der Waals surface area contributed by atoms with E-state index in [0.29, 0.717) is 23.4 Å². The van der Waals surface area contributed by atoms with E-state index in [-0.39, 0.29) is 5.91 Å². The summed E-state index contributed by atoms with van der Waals surface area (Å²) in [5, 5.41) is 10.7. The molecule has 5 rings (SSSR count). The lowest BCUT2D eigenvalue weighted by Gasteiger charge is -2.04. The van der Waals surface area contributed by atoms with Gasteiger partial charge in [0.1, 0.15) is 16.4 Å². The Morgan fingerprint density at radius 3 is 2.73 bits per heavy atom. The number of hydrogen-bond acceptors (Lipinski definition) is 6. The fraction of sp³-hybridized carbons (Fsp3) is 0.0435. The van der Waals surface area contributed by atoms with Crippen molar-refractivity contribution in [1.29, 1.82) is 0 Å². The number of hydrogen-bond donors (Lipinski definition) is 1. The van der Waals surface area contributed by atoms with E-state index in [9.17, 15) is 4.79 Å². The predicted molar refractivity (Wildman–Crippen MR) is 116 cm³/mol. The average Bonchev–Trinajstić information content (AvgIpc) is 3.45. The maximum absolute atomic E-state index is 12.6. The molecule has 0 atom stereocenters. The van der Waals surface area contributed by atoms with Crippen molar-refractivity contribution in [1.82, 2.24) is 20.4 Å². The molecule has 0 spiro atoms. The number of fused-ring (bicyclic) bond motifs is 1. The molecule has 0 saturated heterocycles. The molecule has 3 aromatic heterocycles. The summed E-state index contributed by atoms with van der Waals surface area (Å²) in [5.74, 6) is -0.182. The Labute approximate surface area is 176 Å². The van der Waals surface area contributed by atoms with Crippen LogP contribution in [0.4, 0.5) is 0 Å². The van der Waals surface area contributed by atoms with Crippen LogP contribution >= 0.6 is 11.3 Å². The Kier molecular flexibility index (Phi) is 4.78. The Balaban J connectivity index is 1.42. The highest BCUT2D eigenvalue weighted by Crippen LogP contribution is 2.32. The van der Waals surface area contributed by atoms with E-state index < -0.39 is 0 Å². The summed E-state index contributed by atoms with van der Waals surface area (Å²) < 4.78 is 5.46. The molecule has 0 fully saturated rings. The summed E-state index contributed by atoms with van der Waals surface area (Å²) in [5.41, 5.74) is 4.35. The second-order valence-corrected chi connectivity index (χ2v) is 7.51. The normalized spacial score (nSPS) is 10.9. The summed E-state index contributed by atoms with van der Waals surface area (Å²) in [6.07, 6.45) is 1.70. The first-order chi connectivity index (χ1) is 14.8. The monoisotopic (exact) mass is 412 g/mol. The third-order valence-corrected chi connectivity index (χ3v) is 5.55.